The van der Waals surface area contributed by atoms with E-state index in [0.717, 1.165) is 11.1 Å². The van der Waals surface area contributed by atoms with Gasteiger partial charge in [0.25, 0.3) is 5.91 Å². The number of primary amides is 1. The number of hydrogen-bond acceptors (Lipinski definition) is 3. The van der Waals surface area contributed by atoms with Gasteiger partial charge in [0.05, 0.1) is 0 Å². The summed E-state index contributed by atoms with van der Waals surface area (Å²) in [6.07, 6.45) is 3.58. The molecule has 0 saturated carbocycles. The summed E-state index contributed by atoms with van der Waals surface area (Å²) >= 11 is 0. The van der Waals surface area contributed by atoms with Crippen molar-refractivity contribution >= 4 is 11.8 Å². The molecule has 0 saturated heterocycles. The molecule has 2 aromatic rings. The maximum atomic E-state index is 12.6. The first kappa shape index (κ1) is 13.3. The van der Waals surface area contributed by atoms with Gasteiger partial charge in [0.15, 0.2) is 0 Å². The third kappa shape index (κ3) is 2.50. The average molecular weight is 281 g/mol. The third-order valence-electron chi connectivity index (χ3n) is 3.77. The van der Waals surface area contributed by atoms with Crippen LogP contribution < -0.4 is 5.73 Å². The van der Waals surface area contributed by atoms with Gasteiger partial charge >= 0.3 is 0 Å². The molecule has 0 fully saturated rings. The molecule has 1 aromatic carbocycles. The Morgan fingerprint density at radius 1 is 1.10 bits per heavy atom. The quantitative estimate of drug-likeness (QED) is 0.896. The molecule has 2 heterocycles. The number of amides is 2. The lowest BCUT2D eigenvalue weighted by molar-refractivity contribution is -0.122. The Bertz CT molecular complexity index is 685. The van der Waals surface area contributed by atoms with Crippen molar-refractivity contribution in [1.82, 2.24) is 9.88 Å². The highest BCUT2D eigenvalue weighted by Gasteiger charge is 2.33. The van der Waals surface area contributed by atoms with E-state index in [1.54, 1.807) is 29.4 Å². The predicted molar refractivity (Wildman–Crippen MR) is 77.2 cm³/mol. The normalized spacial score (nSPS) is 17.1. The molecule has 2 amide bonds. The van der Waals surface area contributed by atoms with Crippen LogP contribution in [0.2, 0.25) is 0 Å². The van der Waals surface area contributed by atoms with Crippen molar-refractivity contribution in [1.29, 1.82) is 0 Å². The summed E-state index contributed by atoms with van der Waals surface area (Å²) in [4.78, 5) is 29.8. The van der Waals surface area contributed by atoms with Crippen molar-refractivity contribution in [2.75, 3.05) is 0 Å². The predicted octanol–water partition coefficient (Wildman–Crippen LogP) is 1.13. The minimum atomic E-state index is -0.611. The molecule has 1 aliphatic rings. The lowest BCUT2D eigenvalue weighted by Gasteiger charge is -2.35. The van der Waals surface area contributed by atoms with Crippen molar-refractivity contribution < 1.29 is 9.59 Å². The second-order valence-corrected chi connectivity index (χ2v) is 5.06. The highest BCUT2D eigenvalue weighted by Crippen LogP contribution is 2.24. The Morgan fingerprint density at radius 3 is 2.43 bits per heavy atom. The summed E-state index contributed by atoms with van der Waals surface area (Å²) in [5.41, 5.74) is 8.12. The fourth-order valence-electron chi connectivity index (χ4n) is 2.65. The topological polar surface area (TPSA) is 76.3 Å². The fourth-order valence-corrected chi connectivity index (χ4v) is 2.65. The molecule has 5 heteroatoms. The summed E-state index contributed by atoms with van der Waals surface area (Å²) in [6.45, 7) is 0.394. The van der Waals surface area contributed by atoms with E-state index in [4.69, 9.17) is 5.73 Å². The molecule has 0 spiro atoms. The van der Waals surface area contributed by atoms with Crippen molar-refractivity contribution in [3.05, 3.63) is 65.5 Å². The molecule has 1 atom stereocenters. The molecule has 0 radical (unpaired) electrons. The Labute approximate surface area is 122 Å². The van der Waals surface area contributed by atoms with Crippen LogP contribution in [0.1, 0.15) is 21.5 Å². The van der Waals surface area contributed by atoms with Gasteiger partial charge in [0.2, 0.25) is 5.91 Å². The van der Waals surface area contributed by atoms with Gasteiger partial charge in [0, 0.05) is 30.9 Å². The van der Waals surface area contributed by atoms with Gasteiger partial charge in [-0.15, -0.1) is 0 Å². The third-order valence-corrected chi connectivity index (χ3v) is 3.77. The van der Waals surface area contributed by atoms with E-state index >= 15 is 0 Å². The SMILES string of the molecule is NC(=O)C1Cc2ccccc2CN1C(=O)c1ccncc1. The number of rotatable bonds is 2. The van der Waals surface area contributed by atoms with Crippen LogP contribution in [0.15, 0.2) is 48.8 Å². The number of pyridine rings is 1. The lowest BCUT2D eigenvalue weighted by Crippen LogP contribution is -2.51. The molecule has 3 rings (SSSR count). The van der Waals surface area contributed by atoms with E-state index in [-0.39, 0.29) is 5.91 Å². The molecule has 21 heavy (non-hydrogen) atoms. The number of aromatic nitrogens is 1. The molecule has 1 aromatic heterocycles. The van der Waals surface area contributed by atoms with Gasteiger partial charge in [-0.05, 0) is 23.3 Å². The van der Waals surface area contributed by atoms with Crippen LogP contribution in [0.5, 0.6) is 0 Å². The molecule has 2 N–H and O–H groups in total. The van der Waals surface area contributed by atoms with Gasteiger partial charge in [-0.3, -0.25) is 14.6 Å². The van der Waals surface area contributed by atoms with Gasteiger partial charge < -0.3 is 10.6 Å². The first-order valence-corrected chi connectivity index (χ1v) is 6.74. The lowest BCUT2D eigenvalue weighted by atomic mass is 9.93. The van der Waals surface area contributed by atoms with Crippen LogP contribution in [0.3, 0.4) is 0 Å². The molecule has 106 valence electrons. The van der Waals surface area contributed by atoms with Crippen molar-refractivity contribution in [2.45, 2.75) is 19.0 Å². The summed E-state index contributed by atoms with van der Waals surface area (Å²) in [5.74, 6) is -0.678. The smallest absolute Gasteiger partial charge is 0.254 e. The number of benzene rings is 1. The summed E-state index contributed by atoms with van der Waals surface area (Å²) < 4.78 is 0. The van der Waals surface area contributed by atoms with E-state index in [1.165, 1.54) is 0 Å². The summed E-state index contributed by atoms with van der Waals surface area (Å²) in [5, 5.41) is 0. The molecule has 1 aliphatic heterocycles. The number of carbonyl (C=O) groups is 2. The van der Waals surface area contributed by atoms with Crippen molar-refractivity contribution in [3.63, 3.8) is 0 Å². The van der Waals surface area contributed by atoms with Gasteiger partial charge in [0.1, 0.15) is 6.04 Å². The van der Waals surface area contributed by atoms with Crippen LogP contribution in [0.25, 0.3) is 0 Å². The van der Waals surface area contributed by atoms with E-state index in [1.807, 2.05) is 24.3 Å². The highest BCUT2D eigenvalue weighted by molar-refractivity contribution is 5.97. The summed E-state index contributed by atoms with van der Waals surface area (Å²) in [6, 6.07) is 10.5. The zero-order chi connectivity index (χ0) is 14.8. The standard InChI is InChI=1S/C16H15N3O2/c17-15(20)14-9-12-3-1-2-4-13(12)10-19(14)16(21)11-5-7-18-8-6-11/h1-8,14H,9-10H2,(H2,17,20). The maximum absolute atomic E-state index is 12.6. The number of nitrogens with two attached hydrogens (primary N) is 1. The number of nitrogens with zero attached hydrogens (tertiary/aromatic N) is 2. The molecular formula is C16H15N3O2. The number of fused-ring (bicyclic) bond motifs is 1. The van der Waals surface area contributed by atoms with E-state index in [9.17, 15) is 9.59 Å². The van der Waals surface area contributed by atoms with E-state index in [2.05, 4.69) is 4.98 Å². The Morgan fingerprint density at radius 2 is 1.76 bits per heavy atom. The van der Waals surface area contributed by atoms with Crippen LogP contribution >= 0.6 is 0 Å². The largest absolute Gasteiger partial charge is 0.368 e. The number of hydrogen-bond donors (Lipinski definition) is 1. The second kappa shape index (κ2) is 5.36. The zero-order valence-corrected chi connectivity index (χ0v) is 11.4. The van der Waals surface area contributed by atoms with Crippen LogP contribution in [0.4, 0.5) is 0 Å². The van der Waals surface area contributed by atoms with Crippen LogP contribution in [-0.2, 0) is 17.8 Å². The Kier molecular flexibility index (Phi) is 3.39. The van der Waals surface area contributed by atoms with E-state index < -0.39 is 11.9 Å². The van der Waals surface area contributed by atoms with Gasteiger partial charge in [-0.1, -0.05) is 24.3 Å². The molecule has 0 aliphatic carbocycles. The zero-order valence-electron chi connectivity index (χ0n) is 11.4. The summed E-state index contributed by atoms with van der Waals surface area (Å²) in [7, 11) is 0. The van der Waals surface area contributed by atoms with Gasteiger partial charge in [-0.2, -0.15) is 0 Å². The molecular weight excluding hydrogens is 266 g/mol. The fraction of sp³-hybridized carbons (Fsp3) is 0.188. The van der Waals surface area contributed by atoms with Crippen molar-refractivity contribution in [2.24, 2.45) is 5.73 Å². The van der Waals surface area contributed by atoms with E-state index in [0.29, 0.717) is 18.5 Å². The average Bonchev–Trinajstić information content (AvgIpc) is 2.53. The van der Waals surface area contributed by atoms with Crippen LogP contribution in [0, 0.1) is 0 Å². The molecule has 0 bridgehead atoms. The molecule has 1 unspecified atom stereocenters. The van der Waals surface area contributed by atoms with Crippen LogP contribution in [-0.4, -0.2) is 27.7 Å². The minimum Gasteiger partial charge on any atom is -0.368 e. The Balaban J connectivity index is 1.96. The minimum absolute atomic E-state index is 0.198. The van der Waals surface area contributed by atoms with Gasteiger partial charge in [-0.25, -0.2) is 0 Å². The van der Waals surface area contributed by atoms with Crippen molar-refractivity contribution in [3.8, 4) is 0 Å². The number of carbonyl (C=O) groups excluding carboxylic acids is 2. The molecule has 5 nitrogen and oxygen atoms in total. The second-order valence-electron chi connectivity index (χ2n) is 5.06. The maximum Gasteiger partial charge on any atom is 0.254 e. The first-order valence-electron chi connectivity index (χ1n) is 6.74. The first-order chi connectivity index (χ1) is 10.2. The monoisotopic (exact) mass is 281 g/mol. The highest BCUT2D eigenvalue weighted by atomic mass is 16.2. The Hall–Kier alpha value is -2.69.